The molecule has 0 spiro atoms. The lowest BCUT2D eigenvalue weighted by atomic mass is 10.2. The molecule has 118 valence electrons. The number of carbonyl (C=O) groups excluding carboxylic acids is 1. The largest absolute Gasteiger partial charge is 0.310 e. The van der Waals surface area contributed by atoms with Crippen LogP contribution in [0.25, 0.3) is 5.69 Å². The Bertz CT molecular complexity index is 796. The zero-order chi connectivity index (χ0) is 16.2. The van der Waals surface area contributed by atoms with Crippen LogP contribution in [0.15, 0.2) is 40.2 Å². The topological polar surface area (TPSA) is 72.7 Å². The van der Waals surface area contributed by atoms with Crippen molar-refractivity contribution in [3.63, 3.8) is 0 Å². The van der Waals surface area contributed by atoms with Crippen LogP contribution in [0.5, 0.6) is 0 Å². The van der Waals surface area contributed by atoms with E-state index in [2.05, 4.69) is 20.6 Å². The van der Waals surface area contributed by atoms with Gasteiger partial charge >= 0.3 is 0 Å². The maximum Gasteiger partial charge on any atom is 0.235 e. The summed E-state index contributed by atoms with van der Waals surface area (Å²) in [6, 6.07) is 9.85. The molecule has 1 amide bonds. The number of nitrogens with zero attached hydrogens (tertiary/aromatic N) is 4. The van der Waals surface area contributed by atoms with Crippen molar-refractivity contribution in [2.24, 2.45) is 0 Å². The van der Waals surface area contributed by atoms with E-state index in [0.29, 0.717) is 5.82 Å². The predicted molar refractivity (Wildman–Crippen MR) is 92.3 cm³/mol. The van der Waals surface area contributed by atoms with E-state index in [0.717, 1.165) is 15.7 Å². The van der Waals surface area contributed by atoms with Crippen LogP contribution in [-0.2, 0) is 4.79 Å². The summed E-state index contributed by atoms with van der Waals surface area (Å²) in [6.45, 7) is 3.93. The molecule has 6 nitrogen and oxygen atoms in total. The molecule has 3 aromatic rings. The first-order valence-corrected chi connectivity index (χ1v) is 8.81. The Kier molecular flexibility index (Phi) is 4.73. The summed E-state index contributed by atoms with van der Waals surface area (Å²) in [5, 5.41) is 15.0. The molecule has 0 saturated heterocycles. The molecule has 0 fully saturated rings. The Labute approximate surface area is 141 Å². The van der Waals surface area contributed by atoms with Gasteiger partial charge in [-0.1, -0.05) is 40.8 Å². The van der Waals surface area contributed by atoms with E-state index in [-0.39, 0.29) is 11.7 Å². The van der Waals surface area contributed by atoms with E-state index in [1.807, 2.05) is 44.2 Å². The van der Waals surface area contributed by atoms with E-state index in [1.165, 1.54) is 28.7 Å². The third kappa shape index (κ3) is 3.96. The SMILES string of the molecule is Cc1ccc(-n2nc(C)cc2NC(=O)CSc2nncs2)cc1. The molecule has 1 aromatic carbocycles. The second kappa shape index (κ2) is 6.93. The highest BCUT2D eigenvalue weighted by Crippen LogP contribution is 2.21. The summed E-state index contributed by atoms with van der Waals surface area (Å²) in [4.78, 5) is 12.1. The van der Waals surface area contributed by atoms with Gasteiger partial charge in [-0.2, -0.15) is 5.10 Å². The maximum absolute atomic E-state index is 12.1. The Morgan fingerprint density at radius 1 is 1.30 bits per heavy atom. The molecule has 0 aliphatic heterocycles. The van der Waals surface area contributed by atoms with Crippen molar-refractivity contribution < 1.29 is 4.79 Å². The fraction of sp³-hybridized carbons (Fsp3) is 0.200. The lowest BCUT2D eigenvalue weighted by Crippen LogP contribution is -2.16. The van der Waals surface area contributed by atoms with Crippen molar-refractivity contribution in [1.29, 1.82) is 0 Å². The lowest BCUT2D eigenvalue weighted by molar-refractivity contribution is -0.113. The van der Waals surface area contributed by atoms with Gasteiger partial charge in [0.05, 0.1) is 17.1 Å². The number of carbonyl (C=O) groups is 1. The van der Waals surface area contributed by atoms with Crippen LogP contribution in [0.3, 0.4) is 0 Å². The summed E-state index contributed by atoms with van der Waals surface area (Å²) in [5.74, 6) is 0.848. The fourth-order valence-corrected chi connectivity index (χ4v) is 3.29. The normalized spacial score (nSPS) is 10.7. The molecule has 8 heteroatoms. The average molecular weight is 345 g/mol. The molecule has 0 aliphatic rings. The number of anilines is 1. The summed E-state index contributed by atoms with van der Waals surface area (Å²) in [7, 11) is 0. The second-order valence-corrected chi connectivity index (χ2v) is 7.02. The molecule has 1 N–H and O–H groups in total. The minimum atomic E-state index is -0.0986. The van der Waals surface area contributed by atoms with Crippen LogP contribution in [-0.4, -0.2) is 31.6 Å². The molecule has 0 radical (unpaired) electrons. The Morgan fingerprint density at radius 2 is 2.09 bits per heavy atom. The molecule has 2 aromatic heterocycles. The number of benzene rings is 1. The van der Waals surface area contributed by atoms with Gasteiger partial charge < -0.3 is 5.32 Å². The van der Waals surface area contributed by atoms with Crippen molar-refractivity contribution in [1.82, 2.24) is 20.0 Å². The molecule has 23 heavy (non-hydrogen) atoms. The quantitative estimate of drug-likeness (QED) is 0.720. The monoisotopic (exact) mass is 345 g/mol. The maximum atomic E-state index is 12.1. The minimum absolute atomic E-state index is 0.0986. The molecular weight excluding hydrogens is 330 g/mol. The van der Waals surface area contributed by atoms with Gasteiger partial charge in [-0.05, 0) is 26.0 Å². The lowest BCUT2D eigenvalue weighted by Gasteiger charge is -2.08. The van der Waals surface area contributed by atoms with Gasteiger partial charge in [0.1, 0.15) is 11.3 Å². The van der Waals surface area contributed by atoms with Crippen LogP contribution in [0.4, 0.5) is 5.82 Å². The van der Waals surface area contributed by atoms with Gasteiger partial charge in [-0.15, -0.1) is 10.2 Å². The first-order chi connectivity index (χ1) is 11.1. The summed E-state index contributed by atoms with van der Waals surface area (Å²) in [6.07, 6.45) is 0. The van der Waals surface area contributed by atoms with Gasteiger partial charge in [-0.25, -0.2) is 4.68 Å². The van der Waals surface area contributed by atoms with Crippen LogP contribution in [0.1, 0.15) is 11.3 Å². The van der Waals surface area contributed by atoms with E-state index in [9.17, 15) is 4.79 Å². The number of aromatic nitrogens is 4. The van der Waals surface area contributed by atoms with E-state index >= 15 is 0 Å². The fourth-order valence-electron chi connectivity index (χ4n) is 2.00. The molecule has 3 rings (SSSR count). The van der Waals surface area contributed by atoms with E-state index < -0.39 is 0 Å². The summed E-state index contributed by atoms with van der Waals surface area (Å²) < 4.78 is 2.52. The third-order valence-electron chi connectivity index (χ3n) is 3.04. The Hall–Kier alpha value is -2.19. The number of hydrogen-bond donors (Lipinski definition) is 1. The predicted octanol–water partition coefficient (Wildman–Crippen LogP) is 3.07. The van der Waals surface area contributed by atoms with Crippen molar-refractivity contribution in [2.75, 3.05) is 11.1 Å². The zero-order valence-corrected chi connectivity index (χ0v) is 14.3. The standard InChI is InChI=1S/C15H15N5OS2/c1-10-3-5-12(6-4-10)20-13(7-11(2)19-20)17-14(21)8-22-15-18-16-9-23-15/h3-7,9H,8H2,1-2H3,(H,17,21). The highest BCUT2D eigenvalue weighted by atomic mass is 32.2. The Balaban J connectivity index is 1.72. The molecular formula is C15H15N5OS2. The molecule has 0 unspecified atom stereocenters. The average Bonchev–Trinajstić information content (AvgIpc) is 3.16. The van der Waals surface area contributed by atoms with Crippen LogP contribution in [0.2, 0.25) is 0 Å². The number of amides is 1. The van der Waals surface area contributed by atoms with Crippen molar-refractivity contribution in [2.45, 2.75) is 18.2 Å². The van der Waals surface area contributed by atoms with Gasteiger partial charge in [-0.3, -0.25) is 4.79 Å². The molecule has 0 bridgehead atoms. The highest BCUT2D eigenvalue weighted by Gasteiger charge is 2.12. The van der Waals surface area contributed by atoms with Gasteiger partial charge in [0.2, 0.25) is 5.91 Å². The van der Waals surface area contributed by atoms with Gasteiger partial charge in [0.15, 0.2) is 4.34 Å². The summed E-state index contributed by atoms with van der Waals surface area (Å²) in [5.41, 5.74) is 4.58. The number of rotatable bonds is 5. The molecule has 0 atom stereocenters. The second-order valence-electron chi connectivity index (χ2n) is 4.96. The van der Waals surface area contributed by atoms with Gasteiger partial charge in [0, 0.05) is 6.07 Å². The molecule has 0 saturated carbocycles. The number of hydrogen-bond acceptors (Lipinski definition) is 6. The first kappa shape index (κ1) is 15.7. The number of nitrogens with one attached hydrogen (secondary N) is 1. The van der Waals surface area contributed by atoms with E-state index in [1.54, 1.807) is 10.2 Å². The zero-order valence-electron chi connectivity index (χ0n) is 12.7. The van der Waals surface area contributed by atoms with Crippen molar-refractivity contribution in [3.8, 4) is 5.69 Å². The van der Waals surface area contributed by atoms with E-state index in [4.69, 9.17) is 0 Å². The molecule has 2 heterocycles. The smallest absolute Gasteiger partial charge is 0.235 e. The van der Waals surface area contributed by atoms with Gasteiger partial charge in [0.25, 0.3) is 0 Å². The van der Waals surface area contributed by atoms with Crippen LogP contribution >= 0.6 is 23.1 Å². The summed E-state index contributed by atoms with van der Waals surface area (Å²) >= 11 is 2.79. The van der Waals surface area contributed by atoms with Crippen LogP contribution in [0, 0.1) is 13.8 Å². The molecule has 0 aliphatic carbocycles. The number of thioether (sulfide) groups is 1. The third-order valence-corrected chi connectivity index (χ3v) is 4.90. The van der Waals surface area contributed by atoms with Crippen molar-refractivity contribution >= 4 is 34.8 Å². The first-order valence-electron chi connectivity index (χ1n) is 6.94. The highest BCUT2D eigenvalue weighted by molar-refractivity contribution is 8.01. The van der Waals surface area contributed by atoms with Crippen molar-refractivity contribution in [3.05, 3.63) is 47.1 Å². The minimum Gasteiger partial charge on any atom is -0.310 e. The Morgan fingerprint density at radius 3 is 2.78 bits per heavy atom. The van der Waals surface area contributed by atoms with Crippen LogP contribution < -0.4 is 5.32 Å². The number of aryl methyl sites for hydroxylation is 2.